The van der Waals surface area contributed by atoms with Gasteiger partial charge in [-0.3, -0.25) is 0 Å². The van der Waals surface area contributed by atoms with Gasteiger partial charge < -0.3 is 0 Å². The molecule has 0 amide bonds. The minimum atomic E-state index is -3.63. The van der Waals surface area contributed by atoms with E-state index >= 15 is 0 Å². The van der Waals surface area contributed by atoms with Crippen molar-refractivity contribution in [2.24, 2.45) is 4.40 Å². The van der Waals surface area contributed by atoms with Crippen LogP contribution in [0.25, 0.3) is 0 Å². The molecule has 2 aromatic carbocycles. The van der Waals surface area contributed by atoms with Gasteiger partial charge in [0.1, 0.15) is 0 Å². The number of nitrogens with zero attached hydrogens (tertiary/aromatic N) is 1. The molecule has 104 valence electrons. The average Bonchev–Trinajstić information content (AvgIpc) is 2.38. The SMILES string of the molecule is Cc1ccc(S(=O)(=O)/N=C\c2ccc(C)cc2C)cc1. The van der Waals surface area contributed by atoms with Crippen LogP contribution in [-0.4, -0.2) is 14.6 Å². The molecule has 20 heavy (non-hydrogen) atoms. The standard InChI is InChI=1S/C16H17NO2S/c1-12-5-8-16(9-6-12)20(18,19)17-11-15-7-4-13(2)10-14(15)3/h4-11H,1-3H3/b17-11-. The normalized spacial score (nSPS) is 11.9. The molecule has 0 aromatic heterocycles. The molecule has 2 aromatic rings. The third-order valence-corrected chi connectivity index (χ3v) is 4.33. The van der Waals surface area contributed by atoms with Crippen molar-refractivity contribution in [1.29, 1.82) is 0 Å². The first kappa shape index (κ1) is 14.5. The van der Waals surface area contributed by atoms with E-state index in [1.165, 1.54) is 6.21 Å². The molecule has 0 atom stereocenters. The molecule has 0 aliphatic heterocycles. The van der Waals surface area contributed by atoms with Crippen LogP contribution >= 0.6 is 0 Å². The summed E-state index contributed by atoms with van der Waals surface area (Å²) >= 11 is 0. The van der Waals surface area contributed by atoms with Gasteiger partial charge in [0.2, 0.25) is 0 Å². The Hall–Kier alpha value is -1.94. The van der Waals surface area contributed by atoms with Crippen LogP contribution in [0.2, 0.25) is 0 Å². The molecular formula is C16H17NO2S. The van der Waals surface area contributed by atoms with Gasteiger partial charge in [-0.25, -0.2) is 0 Å². The monoisotopic (exact) mass is 287 g/mol. The zero-order valence-corrected chi connectivity index (χ0v) is 12.6. The Balaban J connectivity index is 2.32. The fourth-order valence-electron chi connectivity index (χ4n) is 1.87. The number of sulfonamides is 1. The smallest absolute Gasteiger partial charge is 0.199 e. The van der Waals surface area contributed by atoms with Crippen LogP contribution in [0, 0.1) is 20.8 Å². The first-order valence-corrected chi connectivity index (χ1v) is 7.77. The van der Waals surface area contributed by atoms with Gasteiger partial charge in [-0.1, -0.05) is 41.5 Å². The molecule has 0 unspecified atom stereocenters. The highest BCUT2D eigenvalue weighted by Gasteiger charge is 2.11. The molecule has 0 aliphatic carbocycles. The number of benzene rings is 2. The number of hydrogen-bond donors (Lipinski definition) is 0. The molecule has 0 saturated carbocycles. The van der Waals surface area contributed by atoms with Crippen LogP contribution in [-0.2, 0) is 10.0 Å². The van der Waals surface area contributed by atoms with E-state index in [1.807, 2.05) is 39.0 Å². The minimum absolute atomic E-state index is 0.212. The van der Waals surface area contributed by atoms with Crippen LogP contribution in [0.5, 0.6) is 0 Å². The number of hydrogen-bond acceptors (Lipinski definition) is 2. The molecule has 0 heterocycles. The highest BCUT2D eigenvalue weighted by Crippen LogP contribution is 2.14. The van der Waals surface area contributed by atoms with Gasteiger partial charge in [0.25, 0.3) is 10.0 Å². The van der Waals surface area contributed by atoms with Crippen LogP contribution in [0.1, 0.15) is 22.3 Å². The lowest BCUT2D eigenvalue weighted by Gasteiger charge is -2.02. The zero-order chi connectivity index (χ0) is 14.8. The fraction of sp³-hybridized carbons (Fsp3) is 0.188. The Labute approximate surface area is 120 Å². The van der Waals surface area contributed by atoms with Gasteiger partial charge in [0.15, 0.2) is 0 Å². The Morgan fingerprint density at radius 2 is 1.50 bits per heavy atom. The Kier molecular flexibility index (Phi) is 4.04. The van der Waals surface area contributed by atoms with E-state index in [4.69, 9.17) is 0 Å². The van der Waals surface area contributed by atoms with Crippen molar-refractivity contribution < 1.29 is 8.42 Å². The molecule has 0 bridgehead atoms. The topological polar surface area (TPSA) is 46.5 Å². The van der Waals surface area contributed by atoms with Crippen molar-refractivity contribution >= 4 is 16.2 Å². The summed E-state index contributed by atoms with van der Waals surface area (Å²) in [5, 5.41) is 0. The maximum Gasteiger partial charge on any atom is 0.282 e. The quantitative estimate of drug-likeness (QED) is 0.812. The molecule has 0 spiro atoms. The summed E-state index contributed by atoms with van der Waals surface area (Å²) in [6.45, 7) is 5.85. The van der Waals surface area contributed by atoms with Crippen LogP contribution in [0.15, 0.2) is 51.8 Å². The summed E-state index contributed by atoms with van der Waals surface area (Å²) in [4.78, 5) is 0.212. The summed E-state index contributed by atoms with van der Waals surface area (Å²) < 4.78 is 28.0. The van der Waals surface area contributed by atoms with Crippen molar-refractivity contribution in [2.45, 2.75) is 25.7 Å². The average molecular weight is 287 g/mol. The first-order valence-electron chi connectivity index (χ1n) is 6.33. The second-order valence-corrected chi connectivity index (χ2v) is 6.52. The van der Waals surface area contributed by atoms with Gasteiger partial charge >= 0.3 is 0 Å². The van der Waals surface area contributed by atoms with Crippen molar-refractivity contribution in [2.75, 3.05) is 0 Å². The van der Waals surface area contributed by atoms with E-state index in [2.05, 4.69) is 4.40 Å². The maximum atomic E-state index is 12.1. The van der Waals surface area contributed by atoms with Crippen LogP contribution in [0.3, 0.4) is 0 Å². The highest BCUT2D eigenvalue weighted by atomic mass is 32.2. The third-order valence-electron chi connectivity index (χ3n) is 3.07. The van der Waals surface area contributed by atoms with Crippen molar-refractivity contribution in [3.8, 4) is 0 Å². The van der Waals surface area contributed by atoms with E-state index in [-0.39, 0.29) is 4.90 Å². The zero-order valence-electron chi connectivity index (χ0n) is 11.8. The van der Waals surface area contributed by atoms with E-state index in [0.29, 0.717) is 0 Å². The second kappa shape index (κ2) is 5.59. The lowest BCUT2D eigenvalue weighted by atomic mass is 10.1. The molecule has 0 N–H and O–H groups in total. The molecule has 0 radical (unpaired) electrons. The van der Waals surface area contributed by atoms with Crippen molar-refractivity contribution in [3.63, 3.8) is 0 Å². The lowest BCUT2D eigenvalue weighted by Crippen LogP contribution is -1.98. The van der Waals surface area contributed by atoms with E-state index in [9.17, 15) is 8.42 Å². The van der Waals surface area contributed by atoms with Crippen LogP contribution < -0.4 is 0 Å². The van der Waals surface area contributed by atoms with Gasteiger partial charge in [-0.15, -0.1) is 0 Å². The first-order chi connectivity index (χ1) is 9.38. The number of aryl methyl sites for hydroxylation is 3. The molecule has 3 nitrogen and oxygen atoms in total. The van der Waals surface area contributed by atoms with Crippen LogP contribution in [0.4, 0.5) is 0 Å². The Morgan fingerprint density at radius 1 is 0.900 bits per heavy atom. The summed E-state index contributed by atoms with van der Waals surface area (Å²) in [6.07, 6.45) is 1.41. The second-order valence-electron chi connectivity index (χ2n) is 4.88. The van der Waals surface area contributed by atoms with Gasteiger partial charge in [-0.2, -0.15) is 12.8 Å². The van der Waals surface area contributed by atoms with Crippen molar-refractivity contribution in [3.05, 3.63) is 64.7 Å². The van der Waals surface area contributed by atoms with Gasteiger partial charge in [0.05, 0.1) is 4.90 Å². The molecular weight excluding hydrogens is 270 g/mol. The molecule has 0 fully saturated rings. The molecule has 2 rings (SSSR count). The lowest BCUT2D eigenvalue weighted by molar-refractivity contribution is 0.598. The van der Waals surface area contributed by atoms with E-state index in [1.54, 1.807) is 24.3 Å². The third kappa shape index (κ3) is 3.33. The molecule has 0 saturated heterocycles. The summed E-state index contributed by atoms with van der Waals surface area (Å²) in [5.41, 5.74) is 3.97. The number of rotatable bonds is 3. The van der Waals surface area contributed by atoms with E-state index in [0.717, 1.165) is 22.3 Å². The Bertz CT molecular complexity index is 745. The molecule has 4 heteroatoms. The largest absolute Gasteiger partial charge is 0.282 e. The van der Waals surface area contributed by atoms with Gasteiger partial charge in [-0.05, 0) is 44.0 Å². The summed E-state index contributed by atoms with van der Waals surface area (Å²) in [7, 11) is -3.63. The van der Waals surface area contributed by atoms with Gasteiger partial charge in [0, 0.05) is 6.21 Å². The predicted molar refractivity (Wildman–Crippen MR) is 81.9 cm³/mol. The minimum Gasteiger partial charge on any atom is -0.199 e. The molecule has 0 aliphatic rings. The predicted octanol–water partition coefficient (Wildman–Crippen LogP) is 3.42. The van der Waals surface area contributed by atoms with E-state index < -0.39 is 10.0 Å². The Morgan fingerprint density at radius 3 is 2.10 bits per heavy atom. The maximum absolute atomic E-state index is 12.1. The van der Waals surface area contributed by atoms with Crippen molar-refractivity contribution in [1.82, 2.24) is 0 Å². The summed E-state index contributed by atoms with van der Waals surface area (Å²) in [5.74, 6) is 0. The summed E-state index contributed by atoms with van der Waals surface area (Å²) in [6, 6.07) is 12.5. The highest BCUT2D eigenvalue weighted by molar-refractivity contribution is 7.90. The fourth-order valence-corrected chi connectivity index (χ4v) is 2.72.